The van der Waals surface area contributed by atoms with Gasteiger partial charge in [-0.05, 0) is 24.6 Å². The van der Waals surface area contributed by atoms with Crippen molar-refractivity contribution in [2.45, 2.75) is 26.3 Å². The number of hydrogen-bond acceptors (Lipinski definition) is 5. The second-order valence-electron chi connectivity index (χ2n) is 5.65. The summed E-state index contributed by atoms with van der Waals surface area (Å²) < 4.78 is 0. The molecule has 0 spiro atoms. The quantitative estimate of drug-likeness (QED) is 0.733. The van der Waals surface area contributed by atoms with E-state index in [0.29, 0.717) is 12.2 Å². The van der Waals surface area contributed by atoms with Crippen molar-refractivity contribution >= 4 is 23.1 Å². The first-order valence-corrected chi connectivity index (χ1v) is 8.81. The molecular weight excluding hydrogens is 334 g/mol. The molecule has 0 saturated heterocycles. The third-order valence-electron chi connectivity index (χ3n) is 3.89. The van der Waals surface area contributed by atoms with Crippen molar-refractivity contribution in [3.8, 4) is 0 Å². The van der Waals surface area contributed by atoms with Crippen LogP contribution in [0.25, 0.3) is 0 Å². The summed E-state index contributed by atoms with van der Waals surface area (Å²) in [6.07, 6.45) is 4.82. The Labute approximate surface area is 150 Å². The van der Waals surface area contributed by atoms with E-state index >= 15 is 0 Å². The third kappa shape index (κ3) is 4.39. The predicted octanol–water partition coefficient (Wildman–Crippen LogP) is 3.72. The van der Waals surface area contributed by atoms with Crippen LogP contribution in [-0.4, -0.2) is 21.0 Å². The van der Waals surface area contributed by atoms with Crippen LogP contribution < -0.4 is 10.6 Å². The van der Waals surface area contributed by atoms with Gasteiger partial charge in [-0.15, -0.1) is 11.3 Å². The molecule has 2 N–H and O–H groups in total. The number of nitrogens with one attached hydrogen (secondary N) is 2. The Morgan fingerprint density at radius 3 is 2.64 bits per heavy atom. The van der Waals surface area contributed by atoms with E-state index in [4.69, 9.17) is 0 Å². The Kier molecular flexibility index (Phi) is 5.35. The fourth-order valence-electron chi connectivity index (χ4n) is 2.50. The van der Waals surface area contributed by atoms with Crippen molar-refractivity contribution in [3.63, 3.8) is 0 Å². The largest absolute Gasteiger partial charge is 0.332 e. The zero-order chi connectivity index (χ0) is 17.6. The second-order valence-corrected chi connectivity index (χ2v) is 6.54. The minimum absolute atomic E-state index is 0.273. The second kappa shape index (κ2) is 7.85. The lowest BCUT2D eigenvalue weighted by Gasteiger charge is -2.12. The highest BCUT2D eigenvalue weighted by molar-refractivity contribution is 7.09. The molecule has 0 bridgehead atoms. The zero-order valence-electron chi connectivity index (χ0n) is 14.1. The molecule has 25 heavy (non-hydrogen) atoms. The Morgan fingerprint density at radius 1 is 1.20 bits per heavy atom. The first-order chi connectivity index (χ1) is 12.1. The Bertz CT molecular complexity index is 832. The van der Waals surface area contributed by atoms with Crippen LogP contribution in [0.3, 0.4) is 0 Å². The van der Waals surface area contributed by atoms with Crippen LogP contribution in [0, 0.1) is 6.92 Å². The van der Waals surface area contributed by atoms with Crippen molar-refractivity contribution in [3.05, 3.63) is 70.2 Å². The molecule has 2 aromatic heterocycles. The Hall–Kier alpha value is -2.80. The summed E-state index contributed by atoms with van der Waals surface area (Å²) in [5, 5.41) is 5.57. The van der Waals surface area contributed by atoms with Crippen molar-refractivity contribution in [2.75, 3.05) is 5.32 Å². The lowest BCUT2D eigenvalue weighted by atomic mass is 9.98. The molecule has 0 aliphatic rings. The summed E-state index contributed by atoms with van der Waals surface area (Å²) >= 11 is 1.67. The number of hydrogen-bond donors (Lipinski definition) is 2. The van der Waals surface area contributed by atoms with Gasteiger partial charge in [0.2, 0.25) is 0 Å². The van der Waals surface area contributed by atoms with Crippen molar-refractivity contribution in [1.82, 2.24) is 20.3 Å². The predicted molar refractivity (Wildman–Crippen MR) is 98.7 cm³/mol. The molecule has 2 heterocycles. The first kappa shape index (κ1) is 17.0. The van der Waals surface area contributed by atoms with Crippen molar-refractivity contribution in [2.24, 2.45) is 0 Å². The van der Waals surface area contributed by atoms with Crippen LogP contribution >= 0.6 is 11.3 Å². The minimum Gasteiger partial charge on any atom is -0.332 e. The molecule has 6 nitrogen and oxygen atoms in total. The van der Waals surface area contributed by atoms with E-state index in [9.17, 15) is 4.79 Å². The van der Waals surface area contributed by atoms with Gasteiger partial charge in [0.25, 0.3) is 0 Å². The molecule has 1 atom stereocenters. The minimum atomic E-state index is -0.273. The smallest absolute Gasteiger partial charge is 0.319 e. The zero-order valence-corrected chi connectivity index (χ0v) is 14.9. The molecule has 0 saturated carbocycles. The summed E-state index contributed by atoms with van der Waals surface area (Å²) in [5.41, 5.74) is 5.59. The normalized spacial score (nSPS) is 11.8. The van der Waals surface area contributed by atoms with Gasteiger partial charge in [0, 0.05) is 28.9 Å². The third-order valence-corrected chi connectivity index (χ3v) is 5.00. The number of aryl methyl sites for hydroxylation is 1. The fourth-order valence-corrected chi connectivity index (χ4v) is 3.39. The van der Waals surface area contributed by atoms with Crippen LogP contribution in [0.1, 0.15) is 34.7 Å². The number of aromatic nitrogens is 3. The number of rotatable bonds is 5. The highest BCUT2D eigenvalue weighted by atomic mass is 32.1. The van der Waals surface area contributed by atoms with E-state index in [1.807, 2.05) is 36.7 Å². The van der Waals surface area contributed by atoms with E-state index in [-0.39, 0.29) is 11.9 Å². The van der Waals surface area contributed by atoms with Crippen molar-refractivity contribution < 1.29 is 4.79 Å². The number of anilines is 1. The maximum absolute atomic E-state index is 12.0. The van der Waals surface area contributed by atoms with E-state index in [0.717, 1.165) is 11.4 Å². The van der Waals surface area contributed by atoms with Crippen LogP contribution in [0.15, 0.2) is 48.4 Å². The molecule has 0 radical (unpaired) electrons. The molecule has 3 rings (SSSR count). The number of thiazole rings is 1. The molecule has 128 valence electrons. The Morgan fingerprint density at radius 2 is 2.00 bits per heavy atom. The Balaban J connectivity index is 1.57. The average molecular weight is 353 g/mol. The van der Waals surface area contributed by atoms with Gasteiger partial charge >= 0.3 is 6.03 Å². The molecule has 0 aliphatic carbocycles. The maximum Gasteiger partial charge on any atom is 0.319 e. The first-order valence-electron chi connectivity index (χ1n) is 7.93. The molecule has 1 aromatic carbocycles. The number of amides is 2. The van der Waals surface area contributed by atoms with Crippen LogP contribution in [0.4, 0.5) is 10.5 Å². The highest BCUT2D eigenvalue weighted by Gasteiger charge is 2.13. The van der Waals surface area contributed by atoms with Gasteiger partial charge in [0.05, 0.1) is 29.6 Å². The van der Waals surface area contributed by atoms with Gasteiger partial charge in [0.1, 0.15) is 0 Å². The lowest BCUT2D eigenvalue weighted by molar-refractivity contribution is 0.251. The van der Waals surface area contributed by atoms with E-state index < -0.39 is 0 Å². The van der Waals surface area contributed by atoms with Crippen LogP contribution in [-0.2, 0) is 6.54 Å². The monoisotopic (exact) mass is 353 g/mol. The number of nitrogens with zero attached hydrogens (tertiary/aromatic N) is 3. The summed E-state index contributed by atoms with van der Waals surface area (Å²) in [4.78, 5) is 25.6. The van der Waals surface area contributed by atoms with Crippen molar-refractivity contribution in [1.29, 1.82) is 0 Å². The standard InChI is InChI=1S/C18H19N5OS/c1-12(17-13(2)22-11-25-17)14-3-5-15(6-4-14)23-18(24)21-10-16-9-19-7-8-20-16/h3-9,11-12H,10H2,1-2H3,(H2,21,23,24)/t12-/m0/s1. The highest BCUT2D eigenvalue weighted by Crippen LogP contribution is 2.30. The summed E-state index contributed by atoms with van der Waals surface area (Å²) in [7, 11) is 0. The van der Waals surface area contributed by atoms with Gasteiger partial charge in [0.15, 0.2) is 0 Å². The lowest BCUT2D eigenvalue weighted by Crippen LogP contribution is -2.28. The molecular formula is C18H19N5OS. The number of benzene rings is 1. The maximum atomic E-state index is 12.0. The van der Waals surface area contributed by atoms with Gasteiger partial charge in [-0.2, -0.15) is 0 Å². The summed E-state index contributed by atoms with van der Waals surface area (Å²) in [6, 6.07) is 7.60. The van der Waals surface area contributed by atoms with Gasteiger partial charge in [-0.1, -0.05) is 19.1 Å². The average Bonchev–Trinajstić information content (AvgIpc) is 3.07. The molecule has 0 unspecified atom stereocenters. The molecule has 2 amide bonds. The molecule has 0 aliphatic heterocycles. The summed E-state index contributed by atoms with van der Waals surface area (Å²) in [6.45, 7) is 4.52. The number of urea groups is 1. The van der Waals surface area contributed by atoms with E-state index in [2.05, 4.69) is 32.5 Å². The van der Waals surface area contributed by atoms with Gasteiger partial charge in [-0.3, -0.25) is 9.97 Å². The fraction of sp³-hybridized carbons (Fsp3) is 0.222. The number of carbonyl (C=O) groups is 1. The topological polar surface area (TPSA) is 79.8 Å². The van der Waals surface area contributed by atoms with Crippen LogP contribution in [0.5, 0.6) is 0 Å². The SMILES string of the molecule is Cc1ncsc1[C@@H](C)c1ccc(NC(=O)NCc2cnccn2)cc1. The molecule has 7 heteroatoms. The van der Waals surface area contributed by atoms with Crippen LogP contribution in [0.2, 0.25) is 0 Å². The van der Waals surface area contributed by atoms with Gasteiger partial charge in [-0.25, -0.2) is 9.78 Å². The van der Waals surface area contributed by atoms with E-state index in [1.54, 1.807) is 29.9 Å². The molecule has 3 aromatic rings. The van der Waals surface area contributed by atoms with E-state index in [1.165, 1.54) is 10.4 Å². The molecule has 0 fully saturated rings. The summed E-state index contributed by atoms with van der Waals surface area (Å²) in [5.74, 6) is 0.284. The van der Waals surface area contributed by atoms with Gasteiger partial charge < -0.3 is 10.6 Å². The number of carbonyl (C=O) groups excluding carboxylic acids is 1.